The molecular weight excluding hydrogens is 345 g/mol. The molecule has 0 unspecified atom stereocenters. The molecule has 1 amide bonds. The lowest BCUT2D eigenvalue weighted by Gasteiger charge is -2.20. The van der Waals surface area contributed by atoms with Gasteiger partial charge in [-0.05, 0) is 36.8 Å². The number of likely N-dealkylation sites (tertiary alicyclic amines) is 1. The highest BCUT2D eigenvalue weighted by Crippen LogP contribution is 2.42. The SMILES string of the molecule is Cl.NC(=O)CN1C[C@H](Nc2ccc(C(F)(F)F)cn2)[C@@H](C2CC2)C1. The monoisotopic (exact) mass is 364 g/mol. The highest BCUT2D eigenvalue weighted by Gasteiger charge is 2.42. The number of hydrogen-bond donors (Lipinski definition) is 2. The van der Waals surface area contributed by atoms with E-state index < -0.39 is 11.7 Å². The Morgan fingerprint density at radius 1 is 1.33 bits per heavy atom. The smallest absolute Gasteiger partial charge is 0.369 e. The zero-order valence-electron chi connectivity index (χ0n) is 12.9. The molecule has 5 nitrogen and oxygen atoms in total. The van der Waals surface area contributed by atoms with E-state index in [2.05, 4.69) is 10.3 Å². The Kier molecular flexibility index (Phi) is 5.59. The minimum atomic E-state index is -4.38. The van der Waals surface area contributed by atoms with E-state index in [0.29, 0.717) is 24.2 Å². The Morgan fingerprint density at radius 2 is 2.04 bits per heavy atom. The first-order valence-corrected chi connectivity index (χ1v) is 7.63. The number of nitrogens with zero attached hydrogens (tertiary/aromatic N) is 2. The fourth-order valence-electron chi connectivity index (χ4n) is 3.25. The van der Waals surface area contributed by atoms with Crippen LogP contribution in [0.3, 0.4) is 0 Å². The summed E-state index contributed by atoms with van der Waals surface area (Å²) in [6.45, 7) is 1.64. The third-order valence-electron chi connectivity index (χ3n) is 4.47. The lowest BCUT2D eigenvalue weighted by molar-refractivity contribution is -0.137. The van der Waals surface area contributed by atoms with Crippen molar-refractivity contribution in [3.8, 4) is 0 Å². The number of halogens is 4. The maximum Gasteiger partial charge on any atom is 0.417 e. The summed E-state index contributed by atoms with van der Waals surface area (Å²) in [5.41, 5.74) is 4.48. The molecule has 9 heteroatoms. The standard InChI is InChI=1S/C15H19F3N4O.ClH/c16-15(17,18)10-3-4-14(20-5-10)21-12-7-22(8-13(19)23)6-11(12)9-1-2-9;/h3-5,9,11-12H,1-2,6-8H2,(H2,19,23)(H,20,21);1H/t11-,12+;/m1./s1. The van der Waals surface area contributed by atoms with Crippen LogP contribution in [0.4, 0.5) is 19.0 Å². The Morgan fingerprint density at radius 3 is 2.54 bits per heavy atom. The zero-order chi connectivity index (χ0) is 16.6. The molecule has 2 aliphatic rings. The van der Waals surface area contributed by atoms with E-state index in [-0.39, 0.29) is 30.9 Å². The highest BCUT2D eigenvalue weighted by molar-refractivity contribution is 5.85. The van der Waals surface area contributed by atoms with E-state index in [1.54, 1.807) is 0 Å². The van der Waals surface area contributed by atoms with Crippen LogP contribution in [-0.2, 0) is 11.0 Å². The van der Waals surface area contributed by atoms with E-state index in [9.17, 15) is 18.0 Å². The van der Waals surface area contributed by atoms with Gasteiger partial charge in [-0.15, -0.1) is 12.4 Å². The molecular formula is C15H20ClF3N4O. The molecule has 0 aromatic carbocycles. The molecule has 0 spiro atoms. The summed E-state index contributed by atoms with van der Waals surface area (Å²) in [5, 5.41) is 3.22. The van der Waals surface area contributed by atoms with Crippen LogP contribution in [0.25, 0.3) is 0 Å². The van der Waals surface area contributed by atoms with Gasteiger partial charge in [-0.3, -0.25) is 9.69 Å². The highest BCUT2D eigenvalue weighted by atomic mass is 35.5. The summed E-state index contributed by atoms with van der Waals surface area (Å²) in [6.07, 6.45) is -1.22. The quantitative estimate of drug-likeness (QED) is 0.839. The first-order valence-electron chi connectivity index (χ1n) is 7.63. The predicted molar refractivity (Wildman–Crippen MR) is 85.7 cm³/mol. The second kappa shape index (κ2) is 7.14. The van der Waals surface area contributed by atoms with Gasteiger partial charge in [0.25, 0.3) is 0 Å². The van der Waals surface area contributed by atoms with Crippen molar-refractivity contribution in [1.29, 1.82) is 0 Å². The predicted octanol–water partition coefficient (Wildman–Crippen LogP) is 2.13. The Balaban J connectivity index is 0.00000208. The van der Waals surface area contributed by atoms with Gasteiger partial charge >= 0.3 is 6.18 Å². The Hall–Kier alpha value is -1.54. The molecule has 2 heterocycles. The number of carbonyl (C=O) groups is 1. The fourth-order valence-corrected chi connectivity index (χ4v) is 3.25. The molecule has 3 rings (SSSR count). The molecule has 1 saturated carbocycles. The number of nitrogens with one attached hydrogen (secondary N) is 1. The van der Waals surface area contributed by atoms with Gasteiger partial charge in [-0.1, -0.05) is 0 Å². The van der Waals surface area contributed by atoms with Crippen molar-refractivity contribution in [3.05, 3.63) is 23.9 Å². The van der Waals surface area contributed by atoms with Gasteiger partial charge in [0.05, 0.1) is 12.1 Å². The summed E-state index contributed by atoms with van der Waals surface area (Å²) in [4.78, 5) is 16.9. The molecule has 1 aromatic heterocycles. The molecule has 134 valence electrons. The van der Waals surface area contributed by atoms with Crippen LogP contribution in [0, 0.1) is 11.8 Å². The number of rotatable bonds is 5. The summed E-state index contributed by atoms with van der Waals surface area (Å²) < 4.78 is 37.7. The van der Waals surface area contributed by atoms with Crippen LogP contribution in [0.1, 0.15) is 18.4 Å². The van der Waals surface area contributed by atoms with Crippen molar-refractivity contribution in [1.82, 2.24) is 9.88 Å². The number of carbonyl (C=O) groups excluding carboxylic acids is 1. The van der Waals surface area contributed by atoms with Gasteiger partial charge in [-0.25, -0.2) is 4.98 Å². The van der Waals surface area contributed by atoms with E-state index in [0.717, 1.165) is 31.6 Å². The summed E-state index contributed by atoms with van der Waals surface area (Å²) >= 11 is 0. The first kappa shape index (κ1) is 18.8. The van der Waals surface area contributed by atoms with Gasteiger partial charge < -0.3 is 11.1 Å². The molecule has 1 aromatic rings. The Labute approximate surface area is 144 Å². The third-order valence-corrected chi connectivity index (χ3v) is 4.47. The summed E-state index contributed by atoms with van der Waals surface area (Å²) in [7, 11) is 0. The summed E-state index contributed by atoms with van der Waals surface area (Å²) in [5.74, 6) is 1.04. The fraction of sp³-hybridized carbons (Fsp3) is 0.600. The van der Waals surface area contributed by atoms with Crippen molar-refractivity contribution in [2.24, 2.45) is 17.6 Å². The topological polar surface area (TPSA) is 71.2 Å². The largest absolute Gasteiger partial charge is 0.417 e. The van der Waals surface area contributed by atoms with E-state index in [1.807, 2.05) is 4.90 Å². The average Bonchev–Trinajstić information content (AvgIpc) is 3.22. The number of nitrogens with two attached hydrogens (primary N) is 1. The molecule has 3 N–H and O–H groups in total. The van der Waals surface area contributed by atoms with E-state index in [4.69, 9.17) is 5.73 Å². The van der Waals surface area contributed by atoms with Gasteiger partial charge in [-0.2, -0.15) is 13.2 Å². The van der Waals surface area contributed by atoms with Gasteiger partial charge in [0.1, 0.15) is 5.82 Å². The van der Waals surface area contributed by atoms with Gasteiger partial charge in [0.15, 0.2) is 0 Å². The Bertz CT molecular complexity index is 577. The molecule has 1 aliphatic carbocycles. The number of pyridine rings is 1. The van der Waals surface area contributed by atoms with Crippen molar-refractivity contribution in [3.63, 3.8) is 0 Å². The van der Waals surface area contributed by atoms with Crippen LogP contribution in [-0.4, -0.2) is 41.5 Å². The molecule has 1 aliphatic heterocycles. The van der Waals surface area contributed by atoms with Crippen molar-refractivity contribution in [2.45, 2.75) is 25.1 Å². The van der Waals surface area contributed by atoms with Crippen LogP contribution >= 0.6 is 12.4 Å². The molecule has 0 bridgehead atoms. The molecule has 24 heavy (non-hydrogen) atoms. The van der Waals surface area contributed by atoms with Crippen molar-refractivity contribution >= 4 is 24.1 Å². The second-order valence-corrected chi connectivity index (χ2v) is 6.34. The summed E-state index contributed by atoms with van der Waals surface area (Å²) in [6, 6.07) is 2.45. The number of hydrogen-bond acceptors (Lipinski definition) is 4. The van der Waals surface area contributed by atoms with Crippen LogP contribution in [0.15, 0.2) is 18.3 Å². The van der Waals surface area contributed by atoms with Crippen LogP contribution in [0.5, 0.6) is 0 Å². The van der Waals surface area contributed by atoms with Crippen LogP contribution in [0.2, 0.25) is 0 Å². The van der Waals surface area contributed by atoms with Crippen molar-refractivity contribution < 1.29 is 18.0 Å². The van der Waals surface area contributed by atoms with Crippen molar-refractivity contribution in [2.75, 3.05) is 25.0 Å². The number of anilines is 1. The lowest BCUT2D eigenvalue weighted by atomic mass is 9.98. The molecule has 1 saturated heterocycles. The second-order valence-electron chi connectivity index (χ2n) is 6.34. The lowest BCUT2D eigenvalue weighted by Crippen LogP contribution is -2.34. The van der Waals surface area contributed by atoms with Crippen LogP contribution < -0.4 is 11.1 Å². The number of primary amides is 1. The molecule has 2 fully saturated rings. The van der Waals surface area contributed by atoms with Gasteiger partial charge in [0.2, 0.25) is 5.91 Å². The first-order chi connectivity index (χ1) is 10.8. The minimum absolute atomic E-state index is 0. The van der Waals surface area contributed by atoms with E-state index in [1.165, 1.54) is 6.07 Å². The van der Waals surface area contributed by atoms with E-state index >= 15 is 0 Å². The molecule has 0 radical (unpaired) electrons. The number of alkyl halides is 3. The average molecular weight is 365 g/mol. The zero-order valence-corrected chi connectivity index (χ0v) is 13.7. The third kappa shape index (κ3) is 4.51. The van der Waals surface area contributed by atoms with Gasteiger partial charge in [0, 0.05) is 25.3 Å². The molecule has 2 atom stereocenters. The normalized spacial score (nSPS) is 24.5. The maximum atomic E-state index is 12.6. The number of aromatic nitrogens is 1. The maximum absolute atomic E-state index is 12.6. The number of amides is 1. The minimum Gasteiger partial charge on any atom is -0.369 e.